The van der Waals surface area contributed by atoms with Crippen LogP contribution in [-0.2, 0) is 9.59 Å². The van der Waals surface area contributed by atoms with Crippen molar-refractivity contribution < 1.29 is 9.59 Å². The molecule has 18 heavy (non-hydrogen) atoms. The summed E-state index contributed by atoms with van der Waals surface area (Å²) >= 11 is 1.39. The number of hydrogen-bond acceptors (Lipinski definition) is 4. The van der Waals surface area contributed by atoms with Gasteiger partial charge in [0.1, 0.15) is 0 Å². The Balaban J connectivity index is 2.74. The Kier molecular flexibility index (Phi) is 3.38. The van der Waals surface area contributed by atoms with Gasteiger partial charge < -0.3 is 0 Å². The summed E-state index contributed by atoms with van der Waals surface area (Å²) < 4.78 is 1.56. The van der Waals surface area contributed by atoms with Crippen LogP contribution in [0, 0.1) is 0 Å². The minimum atomic E-state index is -0.332. The molecule has 0 aliphatic rings. The predicted molar refractivity (Wildman–Crippen MR) is 71.1 cm³/mol. The highest BCUT2D eigenvalue weighted by Gasteiger charge is 2.22. The highest BCUT2D eigenvalue weighted by Crippen LogP contribution is 2.22. The van der Waals surface area contributed by atoms with Gasteiger partial charge >= 0.3 is 0 Å². The fraction of sp³-hybridized carbons (Fsp3) is 0.250. The van der Waals surface area contributed by atoms with E-state index >= 15 is 0 Å². The Morgan fingerprint density at radius 2 is 1.83 bits per heavy atom. The smallest absolute Gasteiger partial charge is 0.245 e. The molecule has 0 aliphatic carbocycles. The van der Waals surface area contributed by atoms with Gasteiger partial charge in [0.15, 0.2) is 5.16 Å². The SMILES string of the molecule is CSc1nc2ccccc2n1N(C(C)=O)C(C)=O. The van der Waals surface area contributed by atoms with Crippen molar-refractivity contribution in [1.29, 1.82) is 0 Å². The molecule has 2 rings (SSSR count). The van der Waals surface area contributed by atoms with Crippen LogP contribution >= 0.6 is 11.8 Å². The van der Waals surface area contributed by atoms with Gasteiger partial charge in [0.05, 0.1) is 11.0 Å². The summed E-state index contributed by atoms with van der Waals surface area (Å²) in [7, 11) is 0. The number of thioether (sulfide) groups is 1. The van der Waals surface area contributed by atoms with Crippen molar-refractivity contribution in [3.63, 3.8) is 0 Å². The minimum absolute atomic E-state index is 0.332. The normalized spacial score (nSPS) is 10.6. The second-order valence-corrected chi connectivity index (χ2v) is 4.52. The molecule has 0 fully saturated rings. The highest BCUT2D eigenvalue weighted by molar-refractivity contribution is 7.98. The summed E-state index contributed by atoms with van der Waals surface area (Å²) in [5.41, 5.74) is 1.50. The van der Waals surface area contributed by atoms with Gasteiger partial charge in [-0.05, 0) is 18.4 Å². The zero-order valence-electron chi connectivity index (χ0n) is 10.4. The first-order valence-electron chi connectivity index (χ1n) is 5.39. The van der Waals surface area contributed by atoms with E-state index in [1.54, 1.807) is 4.68 Å². The standard InChI is InChI=1S/C12H13N3O2S/c1-8(16)14(9(2)17)15-11-7-5-4-6-10(11)13-12(15)18-3/h4-7H,1-3H3. The van der Waals surface area contributed by atoms with E-state index in [1.165, 1.54) is 25.6 Å². The monoisotopic (exact) mass is 263 g/mol. The largest absolute Gasteiger partial charge is 0.273 e. The van der Waals surface area contributed by atoms with Gasteiger partial charge in [0, 0.05) is 13.8 Å². The first-order chi connectivity index (χ1) is 8.56. The van der Waals surface area contributed by atoms with Crippen LogP contribution in [0.3, 0.4) is 0 Å². The van der Waals surface area contributed by atoms with Gasteiger partial charge in [-0.25, -0.2) is 9.66 Å². The number of benzene rings is 1. The van der Waals surface area contributed by atoms with Crippen molar-refractivity contribution >= 4 is 34.6 Å². The lowest BCUT2D eigenvalue weighted by Crippen LogP contribution is -2.42. The van der Waals surface area contributed by atoms with Gasteiger partial charge in [-0.15, -0.1) is 0 Å². The van der Waals surface area contributed by atoms with Crippen LogP contribution in [0.5, 0.6) is 0 Å². The second kappa shape index (κ2) is 4.81. The number of imide groups is 1. The zero-order valence-corrected chi connectivity index (χ0v) is 11.2. The van der Waals surface area contributed by atoms with Crippen molar-refractivity contribution in [3.8, 4) is 0 Å². The Morgan fingerprint density at radius 3 is 2.39 bits per heavy atom. The summed E-state index contributed by atoms with van der Waals surface area (Å²) in [6, 6.07) is 7.41. The van der Waals surface area contributed by atoms with Crippen molar-refractivity contribution in [2.24, 2.45) is 0 Å². The zero-order chi connectivity index (χ0) is 13.3. The molecular weight excluding hydrogens is 250 g/mol. The van der Waals surface area contributed by atoms with Crippen LogP contribution in [0.25, 0.3) is 11.0 Å². The van der Waals surface area contributed by atoms with Crippen molar-refractivity contribution in [2.75, 3.05) is 11.3 Å². The fourth-order valence-corrected chi connectivity index (χ4v) is 2.36. The number of imidazole rings is 1. The molecule has 0 bridgehead atoms. The molecule has 0 radical (unpaired) electrons. The Hall–Kier alpha value is -1.82. The topological polar surface area (TPSA) is 55.2 Å². The molecule has 0 aliphatic heterocycles. The number of carbonyl (C=O) groups excluding carboxylic acids is 2. The molecule has 94 valence electrons. The molecule has 1 aromatic carbocycles. The molecule has 0 N–H and O–H groups in total. The number of carbonyl (C=O) groups is 2. The number of para-hydroxylation sites is 2. The third-order valence-corrected chi connectivity index (χ3v) is 3.12. The molecule has 1 aromatic heterocycles. The van der Waals surface area contributed by atoms with Crippen LogP contribution < -0.4 is 5.01 Å². The van der Waals surface area contributed by atoms with E-state index in [1.807, 2.05) is 30.5 Å². The molecule has 6 heteroatoms. The van der Waals surface area contributed by atoms with E-state index in [2.05, 4.69) is 4.98 Å². The number of fused-ring (bicyclic) bond motifs is 1. The predicted octanol–water partition coefficient (Wildman–Crippen LogP) is 1.79. The van der Waals surface area contributed by atoms with Crippen molar-refractivity contribution in [2.45, 2.75) is 19.0 Å². The van der Waals surface area contributed by atoms with Gasteiger partial charge in [-0.2, -0.15) is 5.01 Å². The maximum Gasteiger partial charge on any atom is 0.245 e. The van der Waals surface area contributed by atoms with E-state index in [0.29, 0.717) is 5.16 Å². The van der Waals surface area contributed by atoms with Crippen LogP contribution in [0.2, 0.25) is 0 Å². The van der Waals surface area contributed by atoms with E-state index in [9.17, 15) is 9.59 Å². The Labute approximate surface area is 109 Å². The van der Waals surface area contributed by atoms with Crippen LogP contribution in [0.4, 0.5) is 0 Å². The highest BCUT2D eigenvalue weighted by atomic mass is 32.2. The first-order valence-corrected chi connectivity index (χ1v) is 6.61. The average molecular weight is 263 g/mol. The van der Waals surface area contributed by atoms with E-state index in [-0.39, 0.29) is 11.8 Å². The quantitative estimate of drug-likeness (QED) is 0.775. The summed E-state index contributed by atoms with van der Waals surface area (Å²) in [6.07, 6.45) is 1.86. The molecule has 0 unspecified atom stereocenters. The van der Waals surface area contributed by atoms with Gasteiger partial charge in [0.2, 0.25) is 11.8 Å². The molecule has 2 amide bonds. The number of nitrogens with zero attached hydrogens (tertiary/aromatic N) is 3. The van der Waals surface area contributed by atoms with E-state index in [4.69, 9.17) is 0 Å². The van der Waals surface area contributed by atoms with Crippen molar-refractivity contribution in [3.05, 3.63) is 24.3 Å². The lowest BCUT2D eigenvalue weighted by molar-refractivity contribution is -0.126. The number of hydrogen-bond donors (Lipinski definition) is 0. The maximum atomic E-state index is 11.6. The maximum absolute atomic E-state index is 11.6. The van der Waals surface area contributed by atoms with Gasteiger partial charge in [0.25, 0.3) is 0 Å². The van der Waals surface area contributed by atoms with Crippen LogP contribution in [0.15, 0.2) is 29.4 Å². The summed E-state index contributed by atoms with van der Waals surface area (Å²) in [5, 5.41) is 1.71. The van der Waals surface area contributed by atoms with E-state index < -0.39 is 0 Å². The molecule has 0 atom stereocenters. The molecule has 1 heterocycles. The van der Waals surface area contributed by atoms with Crippen molar-refractivity contribution in [1.82, 2.24) is 9.66 Å². The summed E-state index contributed by atoms with van der Waals surface area (Å²) in [6.45, 7) is 2.72. The summed E-state index contributed by atoms with van der Waals surface area (Å²) in [4.78, 5) is 27.7. The minimum Gasteiger partial charge on any atom is -0.273 e. The Bertz CT molecular complexity index is 607. The molecule has 5 nitrogen and oxygen atoms in total. The van der Waals surface area contributed by atoms with E-state index in [0.717, 1.165) is 16.0 Å². The molecular formula is C12H13N3O2S. The number of aromatic nitrogens is 2. The number of rotatable bonds is 2. The van der Waals surface area contributed by atoms with Gasteiger partial charge in [-0.3, -0.25) is 9.59 Å². The third kappa shape index (κ3) is 1.99. The molecule has 2 aromatic rings. The second-order valence-electron chi connectivity index (χ2n) is 3.75. The van der Waals surface area contributed by atoms with Crippen LogP contribution in [-0.4, -0.2) is 27.7 Å². The lowest BCUT2D eigenvalue weighted by Gasteiger charge is -2.20. The van der Waals surface area contributed by atoms with Gasteiger partial charge in [-0.1, -0.05) is 23.9 Å². The lowest BCUT2D eigenvalue weighted by atomic mass is 10.3. The average Bonchev–Trinajstić information content (AvgIpc) is 2.67. The molecule has 0 spiro atoms. The van der Waals surface area contributed by atoms with Crippen LogP contribution in [0.1, 0.15) is 13.8 Å². The Morgan fingerprint density at radius 1 is 1.22 bits per heavy atom. The molecule has 0 saturated carbocycles. The fourth-order valence-electron chi connectivity index (χ4n) is 1.82. The number of amides is 2. The first kappa shape index (κ1) is 12.6. The summed E-state index contributed by atoms with van der Waals surface area (Å²) in [5.74, 6) is -0.665. The molecule has 0 saturated heterocycles. The third-order valence-electron chi connectivity index (χ3n) is 2.49.